The van der Waals surface area contributed by atoms with Crippen molar-refractivity contribution in [3.05, 3.63) is 35.9 Å². The van der Waals surface area contributed by atoms with Gasteiger partial charge in [-0.15, -0.1) is 11.6 Å². The van der Waals surface area contributed by atoms with E-state index >= 15 is 0 Å². The minimum absolute atomic E-state index is 0.424. The molecule has 0 saturated carbocycles. The van der Waals surface area contributed by atoms with Crippen LogP contribution < -0.4 is 5.32 Å². The highest BCUT2D eigenvalue weighted by Crippen LogP contribution is 2.13. The van der Waals surface area contributed by atoms with Crippen LogP contribution in [0.2, 0.25) is 0 Å². The molecule has 0 unspecified atom stereocenters. The summed E-state index contributed by atoms with van der Waals surface area (Å²) in [6.07, 6.45) is 0. The lowest BCUT2D eigenvalue weighted by atomic mass is 10.2. The summed E-state index contributed by atoms with van der Waals surface area (Å²) in [7, 11) is 0. The highest BCUT2D eigenvalue weighted by atomic mass is 35.5. The van der Waals surface area contributed by atoms with Crippen LogP contribution >= 0.6 is 23.4 Å². The van der Waals surface area contributed by atoms with Crippen LogP contribution in [0.15, 0.2) is 30.3 Å². The quantitative estimate of drug-likeness (QED) is 0.723. The molecular weight excluding hydrogens is 250 g/mol. The Balaban J connectivity index is 2.19. The van der Waals surface area contributed by atoms with E-state index in [1.807, 2.05) is 11.8 Å². The lowest BCUT2D eigenvalue weighted by Crippen LogP contribution is -2.35. The summed E-state index contributed by atoms with van der Waals surface area (Å²) < 4.78 is 0. The van der Waals surface area contributed by atoms with Gasteiger partial charge in [0.05, 0.1) is 0 Å². The number of hydrogen-bond donors (Lipinski definition) is 1. The van der Waals surface area contributed by atoms with Crippen molar-refractivity contribution in [3.63, 3.8) is 0 Å². The minimum Gasteiger partial charge on any atom is -0.312 e. The number of alkyl halides is 1. The van der Waals surface area contributed by atoms with Gasteiger partial charge in [-0.3, -0.25) is 0 Å². The van der Waals surface area contributed by atoms with Gasteiger partial charge < -0.3 is 5.32 Å². The predicted octanol–water partition coefficient (Wildman–Crippen LogP) is 3.77. The molecule has 0 fully saturated rings. The van der Waals surface area contributed by atoms with Crippen molar-refractivity contribution in [1.82, 2.24) is 5.32 Å². The van der Waals surface area contributed by atoms with E-state index in [-0.39, 0.29) is 0 Å². The molecule has 1 rings (SSSR count). The Morgan fingerprint density at radius 1 is 1.24 bits per heavy atom. The van der Waals surface area contributed by atoms with Crippen molar-refractivity contribution in [1.29, 1.82) is 0 Å². The van der Waals surface area contributed by atoms with Crippen LogP contribution in [0.1, 0.15) is 19.4 Å². The molecular formula is C14H22ClNS. The van der Waals surface area contributed by atoms with Gasteiger partial charge in [0.2, 0.25) is 0 Å². The van der Waals surface area contributed by atoms with Crippen molar-refractivity contribution < 1.29 is 0 Å². The maximum absolute atomic E-state index is 5.96. The summed E-state index contributed by atoms with van der Waals surface area (Å²) in [5.41, 5.74) is 1.38. The monoisotopic (exact) mass is 271 g/mol. The fraction of sp³-hybridized carbons (Fsp3) is 0.571. The number of hydrogen-bond acceptors (Lipinski definition) is 2. The Labute approximate surface area is 114 Å². The number of rotatable bonds is 8. The SMILES string of the molecule is CC(C)CN[C@H](CCl)CSCc1ccccc1. The van der Waals surface area contributed by atoms with E-state index in [2.05, 4.69) is 49.5 Å². The molecule has 96 valence electrons. The maximum atomic E-state index is 5.96. The van der Waals surface area contributed by atoms with Crippen LogP contribution in [-0.2, 0) is 5.75 Å². The molecule has 17 heavy (non-hydrogen) atoms. The smallest absolute Gasteiger partial charge is 0.0385 e. The number of benzene rings is 1. The van der Waals surface area contributed by atoms with Crippen molar-refractivity contribution in [3.8, 4) is 0 Å². The second kappa shape index (κ2) is 8.84. The fourth-order valence-corrected chi connectivity index (χ4v) is 2.87. The average Bonchev–Trinajstić information content (AvgIpc) is 2.34. The number of thioether (sulfide) groups is 1. The molecule has 0 aliphatic rings. The highest BCUT2D eigenvalue weighted by Gasteiger charge is 2.07. The number of nitrogens with one attached hydrogen (secondary N) is 1. The minimum atomic E-state index is 0.424. The van der Waals surface area contributed by atoms with Crippen LogP contribution in [-0.4, -0.2) is 24.2 Å². The zero-order chi connectivity index (χ0) is 12.5. The van der Waals surface area contributed by atoms with Gasteiger partial charge in [-0.05, 0) is 18.0 Å². The Morgan fingerprint density at radius 3 is 2.53 bits per heavy atom. The van der Waals surface area contributed by atoms with Crippen molar-refractivity contribution in [2.75, 3.05) is 18.2 Å². The first-order valence-electron chi connectivity index (χ1n) is 6.13. The second-order valence-corrected chi connectivity index (χ2v) is 5.99. The largest absolute Gasteiger partial charge is 0.312 e. The summed E-state index contributed by atoms with van der Waals surface area (Å²) >= 11 is 7.90. The Kier molecular flexibility index (Phi) is 7.74. The van der Waals surface area contributed by atoms with Crippen LogP contribution in [0.3, 0.4) is 0 Å². The normalized spacial score (nSPS) is 12.9. The van der Waals surface area contributed by atoms with Gasteiger partial charge in [-0.2, -0.15) is 11.8 Å². The van der Waals surface area contributed by atoms with E-state index in [0.29, 0.717) is 17.8 Å². The lowest BCUT2D eigenvalue weighted by Gasteiger charge is -2.17. The topological polar surface area (TPSA) is 12.0 Å². The standard InChI is InChI=1S/C14H22ClNS/c1-12(2)9-16-14(8-15)11-17-10-13-6-4-3-5-7-13/h3-7,12,14,16H,8-11H2,1-2H3/t14-/m1/s1. The van der Waals surface area contributed by atoms with E-state index in [4.69, 9.17) is 11.6 Å². The van der Waals surface area contributed by atoms with Crippen molar-refractivity contribution in [2.45, 2.75) is 25.6 Å². The molecule has 1 aromatic rings. The number of halogens is 1. The van der Waals surface area contributed by atoms with Gasteiger partial charge >= 0.3 is 0 Å². The first kappa shape index (κ1) is 14.9. The Bertz CT molecular complexity index is 290. The molecule has 0 bridgehead atoms. The molecule has 0 radical (unpaired) electrons. The third-order valence-corrected chi connectivity index (χ3v) is 3.98. The molecule has 0 aliphatic heterocycles. The van der Waals surface area contributed by atoms with E-state index in [0.717, 1.165) is 18.1 Å². The summed E-state index contributed by atoms with van der Waals surface area (Å²) in [5.74, 6) is 3.51. The molecule has 0 aromatic heterocycles. The average molecular weight is 272 g/mol. The third-order valence-electron chi connectivity index (χ3n) is 2.43. The second-order valence-electron chi connectivity index (χ2n) is 4.65. The van der Waals surface area contributed by atoms with Gasteiger partial charge in [-0.1, -0.05) is 44.2 Å². The van der Waals surface area contributed by atoms with E-state index < -0.39 is 0 Å². The summed E-state index contributed by atoms with van der Waals surface area (Å²) in [4.78, 5) is 0. The maximum Gasteiger partial charge on any atom is 0.0385 e. The van der Waals surface area contributed by atoms with Gasteiger partial charge in [0, 0.05) is 23.4 Å². The van der Waals surface area contributed by atoms with Crippen LogP contribution in [0.5, 0.6) is 0 Å². The molecule has 1 N–H and O–H groups in total. The molecule has 1 aromatic carbocycles. The molecule has 0 heterocycles. The van der Waals surface area contributed by atoms with Crippen LogP contribution in [0, 0.1) is 5.92 Å². The summed E-state index contributed by atoms with van der Waals surface area (Å²) in [6, 6.07) is 11.0. The zero-order valence-corrected chi connectivity index (χ0v) is 12.2. The molecule has 0 saturated heterocycles. The molecule has 1 atom stereocenters. The molecule has 1 nitrogen and oxygen atoms in total. The van der Waals surface area contributed by atoms with E-state index in [1.165, 1.54) is 5.56 Å². The fourth-order valence-electron chi connectivity index (χ4n) is 1.45. The lowest BCUT2D eigenvalue weighted by molar-refractivity contribution is 0.511. The molecule has 0 aliphatic carbocycles. The van der Waals surface area contributed by atoms with Gasteiger partial charge in [0.15, 0.2) is 0 Å². The van der Waals surface area contributed by atoms with Crippen LogP contribution in [0.25, 0.3) is 0 Å². The molecule has 3 heteroatoms. The first-order valence-corrected chi connectivity index (χ1v) is 7.82. The van der Waals surface area contributed by atoms with Gasteiger partial charge in [-0.25, -0.2) is 0 Å². The first-order chi connectivity index (χ1) is 8.22. The van der Waals surface area contributed by atoms with E-state index in [9.17, 15) is 0 Å². The van der Waals surface area contributed by atoms with Gasteiger partial charge in [0.25, 0.3) is 0 Å². The predicted molar refractivity (Wildman–Crippen MR) is 80.0 cm³/mol. The van der Waals surface area contributed by atoms with E-state index in [1.54, 1.807) is 0 Å². The third kappa shape index (κ3) is 6.97. The highest BCUT2D eigenvalue weighted by molar-refractivity contribution is 7.98. The van der Waals surface area contributed by atoms with Gasteiger partial charge in [0.1, 0.15) is 0 Å². The Hall–Kier alpha value is -0.180. The van der Waals surface area contributed by atoms with Crippen LogP contribution in [0.4, 0.5) is 0 Å². The zero-order valence-electron chi connectivity index (χ0n) is 10.7. The summed E-state index contributed by atoms with van der Waals surface area (Å²) in [6.45, 7) is 5.48. The summed E-state index contributed by atoms with van der Waals surface area (Å²) in [5, 5.41) is 3.50. The molecule has 0 spiro atoms. The molecule has 0 amide bonds. The Morgan fingerprint density at radius 2 is 1.94 bits per heavy atom. The van der Waals surface area contributed by atoms with Crippen molar-refractivity contribution in [2.24, 2.45) is 5.92 Å². The van der Waals surface area contributed by atoms with Crippen molar-refractivity contribution >= 4 is 23.4 Å².